The predicted octanol–water partition coefficient (Wildman–Crippen LogP) is 3.75. The Balaban J connectivity index is 3.32. The number of aliphatic imine (C=N–C) groups is 1. The van der Waals surface area contributed by atoms with Crippen LogP contribution in [0.3, 0.4) is 0 Å². The van der Waals surface area contributed by atoms with Gasteiger partial charge in [0.15, 0.2) is 0 Å². The van der Waals surface area contributed by atoms with Gasteiger partial charge in [0, 0.05) is 11.3 Å². The van der Waals surface area contributed by atoms with Gasteiger partial charge in [0.1, 0.15) is 5.82 Å². The molecule has 0 aromatic heterocycles. The molecule has 0 heterocycles. The molecule has 0 spiro atoms. The number of hydrogen-bond acceptors (Lipinski definition) is 1. The topological polar surface area (TPSA) is 12.4 Å². The molecule has 2 heteroatoms. The third-order valence-corrected chi connectivity index (χ3v) is 2.30. The van der Waals surface area contributed by atoms with E-state index in [1.165, 1.54) is 6.07 Å². The summed E-state index contributed by atoms with van der Waals surface area (Å²) in [7, 11) is 0. The van der Waals surface area contributed by atoms with Crippen molar-refractivity contribution in [1.82, 2.24) is 0 Å². The van der Waals surface area contributed by atoms with Crippen molar-refractivity contribution in [2.24, 2.45) is 4.99 Å². The van der Waals surface area contributed by atoms with Gasteiger partial charge in [-0.15, -0.1) is 0 Å². The van der Waals surface area contributed by atoms with Crippen LogP contribution in [0.2, 0.25) is 0 Å². The molecule has 0 saturated heterocycles. The van der Waals surface area contributed by atoms with Crippen LogP contribution in [0.1, 0.15) is 18.1 Å². The maximum Gasteiger partial charge on any atom is 0.126 e. The lowest BCUT2D eigenvalue weighted by Gasteiger charge is -2.06. The molecule has 0 atom stereocenters. The van der Waals surface area contributed by atoms with Crippen LogP contribution < -0.4 is 0 Å². The van der Waals surface area contributed by atoms with E-state index in [1.807, 2.05) is 6.92 Å². The summed E-state index contributed by atoms with van der Waals surface area (Å²) in [5.74, 6) is -0.202. The molecule has 1 aromatic carbocycles. The summed E-state index contributed by atoms with van der Waals surface area (Å²) in [5.41, 5.74) is 3.20. The Kier molecular flexibility index (Phi) is 3.56. The first-order valence-corrected chi connectivity index (χ1v) is 4.66. The van der Waals surface area contributed by atoms with Gasteiger partial charge in [-0.2, -0.15) is 0 Å². The highest BCUT2D eigenvalue weighted by Gasteiger charge is 2.04. The quantitative estimate of drug-likeness (QED) is 0.524. The second kappa shape index (κ2) is 4.69. The van der Waals surface area contributed by atoms with Crippen molar-refractivity contribution in [3.8, 4) is 0 Å². The van der Waals surface area contributed by atoms with Gasteiger partial charge in [0.05, 0.1) is 0 Å². The standard InChI is InChI=1S/C13H14FN/c1-5-12(10(3)15-4)11-6-7-13(14)9(2)8-11/h5-8H,1,4H2,2-3H3/b12-10+. The monoisotopic (exact) mass is 203 g/mol. The second-order valence-corrected chi connectivity index (χ2v) is 3.33. The molecule has 0 N–H and O–H groups in total. The van der Waals surface area contributed by atoms with Crippen LogP contribution in [-0.2, 0) is 0 Å². The lowest BCUT2D eigenvalue weighted by molar-refractivity contribution is 0.618. The normalized spacial score (nSPS) is 11.9. The van der Waals surface area contributed by atoms with Crippen LogP contribution in [0.5, 0.6) is 0 Å². The van der Waals surface area contributed by atoms with Crippen molar-refractivity contribution in [2.45, 2.75) is 13.8 Å². The van der Waals surface area contributed by atoms with Gasteiger partial charge < -0.3 is 0 Å². The van der Waals surface area contributed by atoms with Gasteiger partial charge in [0.2, 0.25) is 0 Å². The van der Waals surface area contributed by atoms with E-state index < -0.39 is 0 Å². The van der Waals surface area contributed by atoms with Gasteiger partial charge >= 0.3 is 0 Å². The van der Waals surface area contributed by atoms with E-state index in [0.29, 0.717) is 5.56 Å². The van der Waals surface area contributed by atoms with Crippen LogP contribution >= 0.6 is 0 Å². The second-order valence-electron chi connectivity index (χ2n) is 3.33. The fourth-order valence-corrected chi connectivity index (χ4v) is 1.37. The van der Waals surface area contributed by atoms with Crippen molar-refractivity contribution in [3.05, 3.63) is 53.5 Å². The highest BCUT2D eigenvalue weighted by molar-refractivity contribution is 5.76. The Morgan fingerprint density at radius 1 is 1.47 bits per heavy atom. The van der Waals surface area contributed by atoms with Gasteiger partial charge in [-0.25, -0.2) is 4.39 Å². The van der Waals surface area contributed by atoms with E-state index >= 15 is 0 Å². The summed E-state index contributed by atoms with van der Waals surface area (Å²) < 4.78 is 13.1. The number of nitrogens with zero attached hydrogens (tertiary/aromatic N) is 1. The van der Waals surface area contributed by atoms with E-state index in [0.717, 1.165) is 16.8 Å². The third kappa shape index (κ3) is 2.40. The molecule has 1 rings (SSSR count). The molecular weight excluding hydrogens is 189 g/mol. The summed E-state index contributed by atoms with van der Waals surface area (Å²) in [4.78, 5) is 3.85. The predicted molar refractivity (Wildman–Crippen MR) is 63.5 cm³/mol. The van der Waals surface area contributed by atoms with Crippen molar-refractivity contribution in [1.29, 1.82) is 0 Å². The number of hydrogen-bond donors (Lipinski definition) is 0. The molecule has 15 heavy (non-hydrogen) atoms. The summed E-state index contributed by atoms with van der Waals surface area (Å²) in [5, 5.41) is 0. The van der Waals surface area contributed by atoms with E-state index in [1.54, 1.807) is 25.1 Å². The first-order valence-electron chi connectivity index (χ1n) is 4.66. The summed E-state index contributed by atoms with van der Waals surface area (Å²) >= 11 is 0. The SMILES string of the molecule is C=C/C(=C(/C)N=C)c1ccc(F)c(C)c1. The van der Waals surface area contributed by atoms with E-state index in [4.69, 9.17) is 0 Å². The Morgan fingerprint density at radius 2 is 2.13 bits per heavy atom. The van der Waals surface area contributed by atoms with Crippen LogP contribution in [0, 0.1) is 12.7 Å². The molecule has 1 aromatic rings. The zero-order valence-electron chi connectivity index (χ0n) is 9.05. The number of halogens is 1. The summed E-state index contributed by atoms with van der Waals surface area (Å²) in [6, 6.07) is 4.94. The summed E-state index contributed by atoms with van der Waals surface area (Å²) in [6.45, 7) is 10.8. The molecule has 0 aliphatic carbocycles. The fourth-order valence-electron chi connectivity index (χ4n) is 1.37. The maximum absolute atomic E-state index is 13.1. The van der Waals surface area contributed by atoms with Crippen LogP contribution in [0.4, 0.5) is 4.39 Å². The Labute approximate surface area is 89.7 Å². The van der Waals surface area contributed by atoms with Crippen molar-refractivity contribution in [3.63, 3.8) is 0 Å². The van der Waals surface area contributed by atoms with E-state index in [-0.39, 0.29) is 5.82 Å². The molecule has 0 bridgehead atoms. The minimum Gasteiger partial charge on any atom is -0.269 e. The zero-order valence-corrected chi connectivity index (χ0v) is 9.05. The molecule has 0 amide bonds. The van der Waals surface area contributed by atoms with Gasteiger partial charge in [-0.3, -0.25) is 4.99 Å². The average Bonchev–Trinajstić information content (AvgIpc) is 2.24. The highest BCUT2D eigenvalue weighted by Crippen LogP contribution is 2.22. The number of aryl methyl sites for hydroxylation is 1. The van der Waals surface area contributed by atoms with Crippen LogP contribution in [-0.4, -0.2) is 6.72 Å². The zero-order chi connectivity index (χ0) is 11.4. The Hall–Kier alpha value is -1.70. The van der Waals surface area contributed by atoms with Crippen LogP contribution in [0.15, 0.2) is 41.5 Å². The molecule has 78 valence electrons. The first-order chi connectivity index (χ1) is 7.10. The molecule has 0 fully saturated rings. The number of allylic oxidation sites excluding steroid dienone is 3. The molecule has 1 nitrogen and oxygen atoms in total. The Bertz CT molecular complexity index is 430. The molecule has 0 aliphatic rings. The van der Waals surface area contributed by atoms with Gasteiger partial charge in [0.25, 0.3) is 0 Å². The highest BCUT2D eigenvalue weighted by atomic mass is 19.1. The summed E-state index contributed by atoms with van der Waals surface area (Å²) in [6.07, 6.45) is 1.71. The van der Waals surface area contributed by atoms with E-state index in [2.05, 4.69) is 18.3 Å². The largest absolute Gasteiger partial charge is 0.269 e. The molecule has 0 unspecified atom stereocenters. The van der Waals surface area contributed by atoms with Crippen molar-refractivity contribution >= 4 is 12.3 Å². The van der Waals surface area contributed by atoms with E-state index in [9.17, 15) is 4.39 Å². The smallest absolute Gasteiger partial charge is 0.126 e. The lowest BCUT2D eigenvalue weighted by atomic mass is 10.0. The molecular formula is C13H14FN. The molecule has 0 radical (unpaired) electrons. The minimum absolute atomic E-state index is 0.202. The van der Waals surface area contributed by atoms with Crippen molar-refractivity contribution < 1.29 is 4.39 Å². The minimum atomic E-state index is -0.202. The van der Waals surface area contributed by atoms with Crippen LogP contribution in [0.25, 0.3) is 5.57 Å². The molecule has 0 aliphatic heterocycles. The molecule has 0 saturated carbocycles. The first kappa shape index (κ1) is 11.4. The fraction of sp³-hybridized carbons (Fsp3) is 0.154. The van der Waals surface area contributed by atoms with Crippen molar-refractivity contribution in [2.75, 3.05) is 0 Å². The number of benzene rings is 1. The van der Waals surface area contributed by atoms with Gasteiger partial charge in [-0.05, 0) is 43.8 Å². The third-order valence-electron chi connectivity index (χ3n) is 2.30. The maximum atomic E-state index is 13.1. The average molecular weight is 203 g/mol. The Morgan fingerprint density at radius 3 is 2.60 bits per heavy atom. The van der Waals surface area contributed by atoms with Gasteiger partial charge in [-0.1, -0.05) is 18.7 Å². The lowest BCUT2D eigenvalue weighted by Crippen LogP contribution is -1.88. The number of rotatable bonds is 3.